The third-order valence-electron chi connectivity index (χ3n) is 3.34. The quantitative estimate of drug-likeness (QED) is 0.809. The summed E-state index contributed by atoms with van der Waals surface area (Å²) in [7, 11) is 0. The van der Waals surface area contributed by atoms with Gasteiger partial charge in [0, 0.05) is 12.6 Å². The highest BCUT2D eigenvalue weighted by Gasteiger charge is 2.18. The SMILES string of the molecule is CCN1CCCC(Nc2ccc(C(N)=S)nc2)C1. The zero-order valence-corrected chi connectivity index (χ0v) is 11.5. The summed E-state index contributed by atoms with van der Waals surface area (Å²) in [6.45, 7) is 5.65. The summed E-state index contributed by atoms with van der Waals surface area (Å²) in [6, 6.07) is 4.37. The fourth-order valence-corrected chi connectivity index (χ4v) is 2.44. The predicted molar refractivity (Wildman–Crippen MR) is 78.9 cm³/mol. The highest BCUT2D eigenvalue weighted by molar-refractivity contribution is 7.80. The molecule has 1 fully saturated rings. The smallest absolute Gasteiger partial charge is 0.122 e. The molecule has 3 N–H and O–H groups in total. The number of nitrogens with one attached hydrogen (secondary N) is 1. The molecule has 18 heavy (non-hydrogen) atoms. The lowest BCUT2D eigenvalue weighted by molar-refractivity contribution is 0.227. The number of hydrogen-bond acceptors (Lipinski definition) is 4. The molecule has 0 bridgehead atoms. The van der Waals surface area contributed by atoms with Crippen LogP contribution in [0.15, 0.2) is 18.3 Å². The van der Waals surface area contributed by atoms with E-state index in [9.17, 15) is 0 Å². The van der Waals surface area contributed by atoms with Gasteiger partial charge in [-0.05, 0) is 38.1 Å². The number of hydrogen-bond donors (Lipinski definition) is 2. The Labute approximate surface area is 114 Å². The highest BCUT2D eigenvalue weighted by Crippen LogP contribution is 2.15. The first-order valence-electron chi connectivity index (χ1n) is 6.43. The Kier molecular flexibility index (Phi) is 4.49. The van der Waals surface area contributed by atoms with Gasteiger partial charge in [0.25, 0.3) is 0 Å². The van der Waals surface area contributed by atoms with Gasteiger partial charge in [-0.3, -0.25) is 4.98 Å². The number of thiocarbonyl (C=S) groups is 1. The maximum atomic E-state index is 5.53. The Morgan fingerprint density at radius 3 is 3.06 bits per heavy atom. The van der Waals surface area contributed by atoms with Crippen LogP contribution in [0.5, 0.6) is 0 Å². The number of anilines is 1. The van der Waals surface area contributed by atoms with Gasteiger partial charge >= 0.3 is 0 Å². The Morgan fingerprint density at radius 1 is 1.61 bits per heavy atom. The number of pyridine rings is 1. The van der Waals surface area contributed by atoms with Crippen LogP contribution in [0.3, 0.4) is 0 Å². The molecule has 0 radical (unpaired) electrons. The summed E-state index contributed by atoms with van der Waals surface area (Å²) >= 11 is 4.89. The second kappa shape index (κ2) is 6.11. The van der Waals surface area contributed by atoms with Gasteiger partial charge in [0.1, 0.15) is 4.99 Å². The van der Waals surface area contributed by atoms with Crippen molar-refractivity contribution in [3.05, 3.63) is 24.0 Å². The van der Waals surface area contributed by atoms with Crippen molar-refractivity contribution in [1.82, 2.24) is 9.88 Å². The van der Waals surface area contributed by atoms with Crippen molar-refractivity contribution in [2.75, 3.05) is 25.0 Å². The predicted octanol–water partition coefficient (Wildman–Crippen LogP) is 1.61. The van der Waals surface area contributed by atoms with Gasteiger partial charge in [0.05, 0.1) is 17.6 Å². The van der Waals surface area contributed by atoms with Crippen molar-refractivity contribution in [2.45, 2.75) is 25.8 Å². The average Bonchev–Trinajstić information content (AvgIpc) is 2.39. The van der Waals surface area contributed by atoms with Crippen LogP contribution in [0.1, 0.15) is 25.5 Å². The van der Waals surface area contributed by atoms with Crippen LogP contribution in [0, 0.1) is 0 Å². The monoisotopic (exact) mass is 264 g/mol. The highest BCUT2D eigenvalue weighted by atomic mass is 32.1. The first-order chi connectivity index (χ1) is 8.69. The average molecular weight is 264 g/mol. The number of likely N-dealkylation sites (tertiary alicyclic amines) is 1. The van der Waals surface area contributed by atoms with E-state index in [-0.39, 0.29) is 0 Å². The molecule has 2 rings (SSSR count). The summed E-state index contributed by atoms with van der Waals surface area (Å²) in [5.74, 6) is 0. The van der Waals surface area contributed by atoms with Crippen LogP contribution in [-0.2, 0) is 0 Å². The molecule has 1 aromatic heterocycles. The Hall–Kier alpha value is -1.20. The summed E-state index contributed by atoms with van der Waals surface area (Å²) in [4.78, 5) is 7.05. The summed E-state index contributed by atoms with van der Waals surface area (Å²) < 4.78 is 0. The number of likely N-dealkylation sites (N-methyl/N-ethyl adjacent to an activating group) is 1. The molecular weight excluding hydrogens is 244 g/mol. The van der Waals surface area contributed by atoms with E-state index in [2.05, 4.69) is 22.1 Å². The van der Waals surface area contributed by atoms with Crippen LogP contribution in [0.2, 0.25) is 0 Å². The molecule has 5 heteroatoms. The van der Waals surface area contributed by atoms with E-state index in [0.717, 1.165) is 18.8 Å². The normalized spacial score (nSPS) is 20.6. The largest absolute Gasteiger partial charge is 0.388 e. The number of nitrogens with zero attached hydrogens (tertiary/aromatic N) is 2. The molecule has 0 spiro atoms. The minimum Gasteiger partial charge on any atom is -0.388 e. The molecule has 0 aromatic carbocycles. The van der Waals surface area contributed by atoms with Gasteiger partial charge in [-0.2, -0.15) is 0 Å². The van der Waals surface area contributed by atoms with E-state index in [0.29, 0.717) is 16.7 Å². The fourth-order valence-electron chi connectivity index (χ4n) is 2.32. The van der Waals surface area contributed by atoms with E-state index in [1.807, 2.05) is 12.1 Å². The molecule has 98 valence electrons. The van der Waals surface area contributed by atoms with Crippen molar-refractivity contribution in [2.24, 2.45) is 5.73 Å². The van der Waals surface area contributed by atoms with E-state index >= 15 is 0 Å². The molecule has 2 heterocycles. The summed E-state index contributed by atoms with van der Waals surface area (Å²) in [5, 5.41) is 3.52. The minimum absolute atomic E-state index is 0.344. The Morgan fingerprint density at radius 2 is 2.44 bits per heavy atom. The number of piperidine rings is 1. The fraction of sp³-hybridized carbons (Fsp3) is 0.538. The molecule has 1 aromatic rings. The third kappa shape index (κ3) is 3.40. The van der Waals surface area contributed by atoms with Crippen molar-refractivity contribution in [1.29, 1.82) is 0 Å². The standard InChI is InChI=1S/C13H20N4S/c1-2-17-7-3-4-11(9-17)16-10-5-6-12(13(14)18)15-8-10/h5-6,8,11,16H,2-4,7,9H2,1H3,(H2,14,18). The molecule has 0 aliphatic carbocycles. The van der Waals surface area contributed by atoms with Gasteiger partial charge < -0.3 is 16.0 Å². The van der Waals surface area contributed by atoms with Crippen molar-refractivity contribution in [3.63, 3.8) is 0 Å². The third-order valence-corrected chi connectivity index (χ3v) is 3.55. The van der Waals surface area contributed by atoms with Gasteiger partial charge in [-0.15, -0.1) is 0 Å². The molecule has 1 saturated heterocycles. The zero-order chi connectivity index (χ0) is 13.0. The van der Waals surface area contributed by atoms with E-state index in [4.69, 9.17) is 18.0 Å². The molecule has 4 nitrogen and oxygen atoms in total. The van der Waals surface area contributed by atoms with E-state index in [1.165, 1.54) is 19.4 Å². The van der Waals surface area contributed by atoms with Gasteiger partial charge in [-0.1, -0.05) is 19.1 Å². The van der Waals surface area contributed by atoms with Crippen molar-refractivity contribution >= 4 is 22.9 Å². The maximum Gasteiger partial charge on any atom is 0.122 e. The van der Waals surface area contributed by atoms with Crippen LogP contribution < -0.4 is 11.1 Å². The molecule has 1 aliphatic heterocycles. The van der Waals surface area contributed by atoms with Gasteiger partial charge in [-0.25, -0.2) is 0 Å². The van der Waals surface area contributed by atoms with Crippen molar-refractivity contribution in [3.8, 4) is 0 Å². The van der Waals surface area contributed by atoms with Crippen LogP contribution in [0.4, 0.5) is 5.69 Å². The molecule has 1 aliphatic rings. The first kappa shape index (κ1) is 13.2. The van der Waals surface area contributed by atoms with Crippen molar-refractivity contribution < 1.29 is 0 Å². The Balaban J connectivity index is 1.94. The summed E-state index contributed by atoms with van der Waals surface area (Å²) in [5.41, 5.74) is 7.24. The number of rotatable bonds is 4. The first-order valence-corrected chi connectivity index (χ1v) is 6.84. The second-order valence-corrected chi connectivity index (χ2v) is 5.11. The lowest BCUT2D eigenvalue weighted by Gasteiger charge is -2.32. The van der Waals surface area contributed by atoms with E-state index < -0.39 is 0 Å². The number of nitrogens with two attached hydrogens (primary N) is 1. The van der Waals surface area contributed by atoms with Gasteiger partial charge in [0.15, 0.2) is 0 Å². The minimum atomic E-state index is 0.344. The summed E-state index contributed by atoms with van der Waals surface area (Å²) in [6.07, 6.45) is 4.27. The van der Waals surface area contributed by atoms with Crippen LogP contribution >= 0.6 is 12.2 Å². The Bertz CT molecular complexity index is 404. The molecule has 0 saturated carbocycles. The lowest BCUT2D eigenvalue weighted by Crippen LogP contribution is -2.41. The van der Waals surface area contributed by atoms with E-state index in [1.54, 1.807) is 6.20 Å². The lowest BCUT2D eigenvalue weighted by atomic mass is 10.1. The van der Waals surface area contributed by atoms with Crippen LogP contribution in [-0.4, -0.2) is 40.5 Å². The molecular formula is C13H20N4S. The topological polar surface area (TPSA) is 54.2 Å². The van der Waals surface area contributed by atoms with Gasteiger partial charge in [0.2, 0.25) is 0 Å². The maximum absolute atomic E-state index is 5.53. The number of aromatic nitrogens is 1. The molecule has 1 unspecified atom stereocenters. The zero-order valence-electron chi connectivity index (χ0n) is 10.7. The molecule has 0 amide bonds. The molecule has 1 atom stereocenters. The second-order valence-electron chi connectivity index (χ2n) is 4.67. The van der Waals surface area contributed by atoms with Crippen LogP contribution in [0.25, 0.3) is 0 Å².